The normalized spacial score (nSPS) is 12.1. The molecule has 0 aliphatic rings. The van der Waals surface area contributed by atoms with Gasteiger partial charge in [-0.05, 0) is 35.4 Å². The van der Waals surface area contributed by atoms with E-state index in [2.05, 4.69) is 4.98 Å². The van der Waals surface area contributed by atoms with Gasteiger partial charge in [0.05, 0.1) is 23.0 Å². The molecule has 0 spiro atoms. The number of hydrogen-bond acceptors (Lipinski definition) is 2. The van der Waals surface area contributed by atoms with Crippen LogP contribution in [0.5, 0.6) is 0 Å². The molecule has 0 N–H and O–H groups in total. The zero-order valence-electron chi connectivity index (χ0n) is 17.4. The predicted octanol–water partition coefficient (Wildman–Crippen LogP) is 6.87. The van der Waals surface area contributed by atoms with Crippen LogP contribution in [0.2, 0.25) is 0 Å². The van der Waals surface area contributed by atoms with Gasteiger partial charge >= 0.3 is 12.4 Å². The average Bonchev–Trinajstić information content (AvgIpc) is 3.21. The first-order chi connectivity index (χ1) is 16.0. The second-order valence-corrected chi connectivity index (χ2v) is 7.52. The number of rotatable bonds is 5. The molecule has 4 rings (SSSR count). The number of imidazole rings is 1. The molecule has 0 aliphatic carbocycles. The molecule has 9 heteroatoms. The molecule has 34 heavy (non-hydrogen) atoms. The van der Waals surface area contributed by atoms with Crippen LogP contribution in [0.25, 0.3) is 11.3 Å². The molecule has 3 nitrogen and oxygen atoms in total. The van der Waals surface area contributed by atoms with E-state index >= 15 is 0 Å². The minimum absolute atomic E-state index is 0.00637. The van der Waals surface area contributed by atoms with E-state index in [1.54, 1.807) is 12.1 Å². The third-order valence-corrected chi connectivity index (χ3v) is 5.22. The smallest absolute Gasteiger partial charge is 0.317 e. The third-order valence-electron chi connectivity index (χ3n) is 5.22. The lowest BCUT2D eigenvalue weighted by Crippen LogP contribution is -2.14. The summed E-state index contributed by atoms with van der Waals surface area (Å²) in [6.07, 6.45) is -7.67. The minimum atomic E-state index is -4.54. The molecule has 0 saturated heterocycles. The molecule has 0 aliphatic heterocycles. The van der Waals surface area contributed by atoms with Gasteiger partial charge in [0.15, 0.2) is 5.82 Å². The largest absolute Gasteiger partial charge is 0.416 e. The standard InChI is InChI=1S/C25H16F6N2O/c26-24(27,28)19-10-6-17(7-11-19)21-14-32-23(33(21)15-16-4-2-1-3-5-16)22(34)18-8-12-20(13-9-18)25(29,30)31/h1-14H,15H2. The van der Waals surface area contributed by atoms with Gasteiger partial charge in [-0.15, -0.1) is 0 Å². The van der Waals surface area contributed by atoms with Crippen LogP contribution in [0.15, 0.2) is 85.1 Å². The minimum Gasteiger partial charge on any atom is -0.317 e. The summed E-state index contributed by atoms with van der Waals surface area (Å²) in [5.74, 6) is -0.652. The van der Waals surface area contributed by atoms with Crippen LogP contribution >= 0.6 is 0 Å². The Kier molecular flexibility index (Phi) is 6.03. The summed E-state index contributed by atoms with van der Waals surface area (Å²) in [7, 11) is 0. The van der Waals surface area contributed by atoms with E-state index in [0.29, 0.717) is 11.3 Å². The molecule has 0 radical (unpaired) electrons. The molecule has 0 saturated carbocycles. The zero-order valence-corrected chi connectivity index (χ0v) is 17.4. The fourth-order valence-corrected chi connectivity index (χ4v) is 3.48. The van der Waals surface area contributed by atoms with Crippen LogP contribution in [-0.4, -0.2) is 15.3 Å². The Morgan fingerprint density at radius 2 is 1.26 bits per heavy atom. The molecule has 0 amide bonds. The highest BCUT2D eigenvalue weighted by Gasteiger charge is 2.31. The number of carbonyl (C=O) groups is 1. The number of aromatic nitrogens is 2. The molecule has 0 fully saturated rings. The highest BCUT2D eigenvalue weighted by atomic mass is 19.4. The van der Waals surface area contributed by atoms with Crippen molar-refractivity contribution in [2.45, 2.75) is 18.9 Å². The summed E-state index contributed by atoms with van der Waals surface area (Å²) in [6.45, 7) is 0.179. The number of carbonyl (C=O) groups excluding carboxylic acids is 1. The first kappa shape index (κ1) is 23.3. The second-order valence-electron chi connectivity index (χ2n) is 7.52. The second kappa shape index (κ2) is 8.81. The van der Waals surface area contributed by atoms with Crippen LogP contribution in [0, 0.1) is 0 Å². The molecular weight excluding hydrogens is 458 g/mol. The van der Waals surface area contributed by atoms with Gasteiger partial charge in [-0.3, -0.25) is 4.79 Å². The molecular formula is C25H16F6N2O. The summed E-state index contributed by atoms with van der Waals surface area (Å²) in [5, 5.41) is 0. The Hall–Kier alpha value is -3.88. The van der Waals surface area contributed by atoms with Crippen molar-refractivity contribution in [3.63, 3.8) is 0 Å². The number of ketones is 1. The van der Waals surface area contributed by atoms with Gasteiger partial charge in [-0.25, -0.2) is 4.98 Å². The summed E-state index contributed by atoms with van der Waals surface area (Å²) in [4.78, 5) is 17.3. The van der Waals surface area contributed by atoms with E-state index in [0.717, 1.165) is 42.0 Å². The fourth-order valence-electron chi connectivity index (χ4n) is 3.48. The van der Waals surface area contributed by atoms with Crippen molar-refractivity contribution in [1.29, 1.82) is 0 Å². The molecule has 174 valence electrons. The van der Waals surface area contributed by atoms with Crippen molar-refractivity contribution in [1.82, 2.24) is 9.55 Å². The zero-order chi connectivity index (χ0) is 24.5. The average molecular weight is 474 g/mol. The summed E-state index contributed by atoms with van der Waals surface area (Å²) in [5.41, 5.74) is -0.0914. The van der Waals surface area contributed by atoms with Crippen molar-refractivity contribution in [2.24, 2.45) is 0 Å². The van der Waals surface area contributed by atoms with Gasteiger partial charge < -0.3 is 4.57 Å². The van der Waals surface area contributed by atoms with Gasteiger partial charge in [0.25, 0.3) is 0 Å². The summed E-state index contributed by atoms with van der Waals surface area (Å²) >= 11 is 0. The van der Waals surface area contributed by atoms with E-state index in [1.165, 1.54) is 22.9 Å². The van der Waals surface area contributed by atoms with Gasteiger partial charge in [0, 0.05) is 12.1 Å². The number of alkyl halides is 6. The lowest BCUT2D eigenvalue weighted by atomic mass is 10.1. The molecule has 1 aromatic heterocycles. The Labute approximate surface area is 190 Å². The van der Waals surface area contributed by atoms with Gasteiger partial charge in [0.2, 0.25) is 5.78 Å². The molecule has 0 unspecified atom stereocenters. The van der Waals surface area contributed by atoms with Crippen molar-refractivity contribution in [3.05, 3.63) is 113 Å². The SMILES string of the molecule is O=C(c1ccc(C(F)(F)F)cc1)c1ncc(-c2ccc(C(F)(F)F)cc2)n1Cc1ccccc1. The van der Waals surface area contributed by atoms with Crippen molar-refractivity contribution >= 4 is 5.78 Å². The Bertz CT molecular complexity index is 1290. The first-order valence-electron chi connectivity index (χ1n) is 10.0. The van der Waals surface area contributed by atoms with Crippen LogP contribution in [0.1, 0.15) is 32.9 Å². The first-order valence-corrected chi connectivity index (χ1v) is 10.0. The Morgan fingerprint density at radius 3 is 1.79 bits per heavy atom. The van der Waals surface area contributed by atoms with Crippen LogP contribution in [-0.2, 0) is 18.9 Å². The van der Waals surface area contributed by atoms with Crippen LogP contribution in [0.4, 0.5) is 26.3 Å². The maximum Gasteiger partial charge on any atom is 0.416 e. The predicted molar refractivity (Wildman–Crippen MR) is 113 cm³/mol. The quantitative estimate of drug-likeness (QED) is 0.234. The number of halogens is 6. The van der Waals surface area contributed by atoms with E-state index in [1.807, 2.05) is 18.2 Å². The monoisotopic (exact) mass is 474 g/mol. The fraction of sp³-hybridized carbons (Fsp3) is 0.120. The molecule has 0 bridgehead atoms. The molecule has 1 heterocycles. The van der Waals surface area contributed by atoms with Crippen LogP contribution in [0.3, 0.4) is 0 Å². The number of nitrogens with zero attached hydrogens (tertiary/aromatic N) is 2. The lowest BCUT2D eigenvalue weighted by molar-refractivity contribution is -0.138. The molecule has 3 aromatic carbocycles. The third kappa shape index (κ3) is 4.88. The number of benzene rings is 3. The maximum absolute atomic E-state index is 13.1. The highest BCUT2D eigenvalue weighted by Crippen LogP contribution is 2.32. The van der Waals surface area contributed by atoms with Gasteiger partial charge in [-0.1, -0.05) is 54.6 Å². The Balaban J connectivity index is 1.75. The topological polar surface area (TPSA) is 34.9 Å². The summed E-state index contributed by atoms with van der Waals surface area (Å²) in [6, 6.07) is 17.2. The van der Waals surface area contributed by atoms with Gasteiger partial charge in [-0.2, -0.15) is 26.3 Å². The van der Waals surface area contributed by atoms with E-state index in [-0.39, 0.29) is 17.9 Å². The Morgan fingerprint density at radius 1 is 0.735 bits per heavy atom. The van der Waals surface area contributed by atoms with Crippen molar-refractivity contribution < 1.29 is 31.1 Å². The van der Waals surface area contributed by atoms with Crippen LogP contribution < -0.4 is 0 Å². The molecule has 0 atom stereocenters. The van der Waals surface area contributed by atoms with Crippen molar-refractivity contribution in [2.75, 3.05) is 0 Å². The van der Waals surface area contributed by atoms with Crippen molar-refractivity contribution in [3.8, 4) is 11.3 Å². The molecule has 4 aromatic rings. The highest BCUT2D eigenvalue weighted by molar-refractivity contribution is 6.07. The maximum atomic E-state index is 13.1. The lowest BCUT2D eigenvalue weighted by Gasteiger charge is -2.13. The van der Waals surface area contributed by atoms with E-state index in [9.17, 15) is 31.1 Å². The van der Waals surface area contributed by atoms with E-state index in [4.69, 9.17) is 0 Å². The summed E-state index contributed by atoms with van der Waals surface area (Å²) < 4.78 is 79.0. The van der Waals surface area contributed by atoms with E-state index < -0.39 is 29.3 Å². The number of hydrogen-bond donors (Lipinski definition) is 0. The van der Waals surface area contributed by atoms with Gasteiger partial charge in [0.1, 0.15) is 0 Å².